The molecule has 2 aliphatic rings. The molecule has 2 atom stereocenters. The molecule has 0 spiro atoms. The summed E-state index contributed by atoms with van der Waals surface area (Å²) in [5, 5.41) is 0. The third kappa shape index (κ3) is 1.61. The van der Waals surface area contributed by atoms with E-state index in [0.29, 0.717) is 13.0 Å². The molecule has 0 aromatic heterocycles. The van der Waals surface area contributed by atoms with Crippen molar-refractivity contribution in [2.45, 2.75) is 31.5 Å². The number of fused-ring (bicyclic) bond motifs is 1. The van der Waals surface area contributed by atoms with Gasteiger partial charge in [-0.15, -0.1) is 0 Å². The molecule has 2 fully saturated rings. The summed E-state index contributed by atoms with van der Waals surface area (Å²) in [5.41, 5.74) is 1.27. The zero-order chi connectivity index (χ0) is 11.0. The Morgan fingerprint density at radius 2 is 2.12 bits per heavy atom. The maximum Gasteiger partial charge on any atom is 0.225 e. The predicted octanol–water partition coefficient (Wildman–Crippen LogP) is 1.58. The molecule has 84 valence electrons. The van der Waals surface area contributed by atoms with Crippen molar-refractivity contribution in [2.24, 2.45) is 0 Å². The van der Waals surface area contributed by atoms with Gasteiger partial charge >= 0.3 is 0 Å². The lowest BCUT2D eigenvalue weighted by Gasteiger charge is -2.21. The van der Waals surface area contributed by atoms with Gasteiger partial charge in [0, 0.05) is 12.8 Å². The monoisotopic (exact) mass is 217 g/mol. The molecule has 0 bridgehead atoms. The first-order chi connectivity index (χ1) is 7.84. The summed E-state index contributed by atoms with van der Waals surface area (Å²) in [6.45, 7) is 0.686. The van der Waals surface area contributed by atoms with Crippen LogP contribution in [0.1, 0.15) is 18.4 Å². The SMILES string of the molecule is O=C1CCC2OC[C@H](Cc3ccccc3)N12. The van der Waals surface area contributed by atoms with Crippen LogP contribution in [0, 0.1) is 0 Å². The fourth-order valence-corrected chi connectivity index (χ4v) is 2.62. The molecular weight excluding hydrogens is 202 g/mol. The van der Waals surface area contributed by atoms with Gasteiger partial charge in [-0.2, -0.15) is 0 Å². The molecule has 0 saturated carbocycles. The Bertz CT molecular complexity index is 390. The minimum Gasteiger partial charge on any atom is -0.356 e. The second kappa shape index (κ2) is 3.91. The van der Waals surface area contributed by atoms with E-state index < -0.39 is 0 Å². The summed E-state index contributed by atoms with van der Waals surface area (Å²) < 4.78 is 5.64. The average Bonchev–Trinajstić information content (AvgIpc) is 2.86. The van der Waals surface area contributed by atoms with Crippen LogP contribution in [0.4, 0.5) is 0 Å². The first-order valence-corrected chi connectivity index (χ1v) is 5.81. The van der Waals surface area contributed by atoms with Gasteiger partial charge in [0.1, 0.15) is 6.23 Å². The van der Waals surface area contributed by atoms with Crippen LogP contribution in [0.5, 0.6) is 0 Å². The molecule has 3 rings (SSSR count). The fraction of sp³-hybridized carbons (Fsp3) is 0.462. The Kier molecular flexibility index (Phi) is 2.40. The number of hydrogen-bond donors (Lipinski definition) is 0. The molecule has 0 N–H and O–H groups in total. The minimum absolute atomic E-state index is 0.0567. The first kappa shape index (κ1) is 9.85. The van der Waals surface area contributed by atoms with Crippen molar-refractivity contribution >= 4 is 5.91 Å². The van der Waals surface area contributed by atoms with Crippen LogP contribution in [0.15, 0.2) is 30.3 Å². The van der Waals surface area contributed by atoms with Crippen LogP contribution in [0.25, 0.3) is 0 Å². The van der Waals surface area contributed by atoms with Crippen LogP contribution < -0.4 is 0 Å². The molecule has 1 amide bonds. The molecule has 1 unspecified atom stereocenters. The van der Waals surface area contributed by atoms with Gasteiger partial charge in [0.2, 0.25) is 5.91 Å². The second-order valence-corrected chi connectivity index (χ2v) is 4.47. The second-order valence-electron chi connectivity index (χ2n) is 4.47. The van der Waals surface area contributed by atoms with Gasteiger partial charge in [-0.05, 0) is 12.0 Å². The third-order valence-electron chi connectivity index (χ3n) is 3.39. The molecule has 2 saturated heterocycles. The maximum atomic E-state index is 11.7. The van der Waals surface area contributed by atoms with E-state index in [1.165, 1.54) is 5.56 Å². The third-order valence-corrected chi connectivity index (χ3v) is 3.39. The average molecular weight is 217 g/mol. The van der Waals surface area contributed by atoms with Gasteiger partial charge in [-0.25, -0.2) is 0 Å². The lowest BCUT2D eigenvalue weighted by molar-refractivity contribution is -0.131. The quantitative estimate of drug-likeness (QED) is 0.752. The van der Waals surface area contributed by atoms with Crippen molar-refractivity contribution in [1.82, 2.24) is 4.90 Å². The first-order valence-electron chi connectivity index (χ1n) is 5.81. The predicted molar refractivity (Wildman–Crippen MR) is 59.8 cm³/mol. The maximum absolute atomic E-state index is 11.7. The van der Waals surface area contributed by atoms with Crippen molar-refractivity contribution in [2.75, 3.05) is 6.61 Å². The fourth-order valence-electron chi connectivity index (χ4n) is 2.62. The summed E-state index contributed by atoms with van der Waals surface area (Å²) in [4.78, 5) is 13.6. The van der Waals surface area contributed by atoms with Crippen molar-refractivity contribution in [3.8, 4) is 0 Å². The molecule has 3 heteroatoms. The zero-order valence-electron chi connectivity index (χ0n) is 9.13. The Morgan fingerprint density at radius 1 is 1.31 bits per heavy atom. The van der Waals surface area contributed by atoms with E-state index in [1.54, 1.807) is 0 Å². The van der Waals surface area contributed by atoms with E-state index in [9.17, 15) is 4.79 Å². The van der Waals surface area contributed by atoms with E-state index in [2.05, 4.69) is 12.1 Å². The summed E-state index contributed by atoms with van der Waals surface area (Å²) in [6, 6.07) is 10.5. The topological polar surface area (TPSA) is 29.5 Å². The van der Waals surface area contributed by atoms with Crippen molar-refractivity contribution in [3.05, 3.63) is 35.9 Å². The standard InChI is InChI=1S/C13H15NO2/c15-12-6-7-13-14(12)11(9-16-13)8-10-4-2-1-3-5-10/h1-5,11,13H,6-9H2/t11-,13?/m0/s1. The lowest BCUT2D eigenvalue weighted by atomic mass is 10.1. The van der Waals surface area contributed by atoms with Crippen molar-refractivity contribution in [3.63, 3.8) is 0 Å². The van der Waals surface area contributed by atoms with E-state index in [1.807, 2.05) is 23.1 Å². The lowest BCUT2D eigenvalue weighted by Crippen LogP contribution is -2.37. The molecule has 1 aromatic carbocycles. The molecule has 0 radical (unpaired) electrons. The van der Waals surface area contributed by atoms with Crippen LogP contribution in [0.3, 0.4) is 0 Å². The highest BCUT2D eigenvalue weighted by Crippen LogP contribution is 2.29. The van der Waals surface area contributed by atoms with Crippen LogP contribution in [-0.2, 0) is 16.0 Å². The highest BCUT2D eigenvalue weighted by atomic mass is 16.5. The number of nitrogens with zero attached hydrogens (tertiary/aromatic N) is 1. The normalized spacial score (nSPS) is 28.5. The molecule has 3 nitrogen and oxygen atoms in total. The molecule has 16 heavy (non-hydrogen) atoms. The van der Waals surface area contributed by atoms with Gasteiger partial charge in [0.25, 0.3) is 0 Å². The molecule has 2 heterocycles. The van der Waals surface area contributed by atoms with Crippen LogP contribution in [0.2, 0.25) is 0 Å². The number of amides is 1. The minimum atomic E-state index is 0.0567. The number of carbonyl (C=O) groups excluding carboxylic acids is 1. The molecule has 1 aromatic rings. The Morgan fingerprint density at radius 3 is 2.94 bits per heavy atom. The van der Waals surface area contributed by atoms with E-state index in [0.717, 1.165) is 12.8 Å². The highest BCUT2D eigenvalue weighted by Gasteiger charge is 2.41. The summed E-state index contributed by atoms with van der Waals surface area (Å²) in [7, 11) is 0. The number of carbonyl (C=O) groups is 1. The zero-order valence-corrected chi connectivity index (χ0v) is 9.13. The van der Waals surface area contributed by atoms with E-state index in [4.69, 9.17) is 4.74 Å². The van der Waals surface area contributed by atoms with Gasteiger partial charge in [0.05, 0.1) is 12.6 Å². The van der Waals surface area contributed by atoms with Crippen molar-refractivity contribution < 1.29 is 9.53 Å². The summed E-state index contributed by atoms with van der Waals surface area (Å²) >= 11 is 0. The molecule has 0 aliphatic carbocycles. The number of hydrogen-bond acceptors (Lipinski definition) is 2. The van der Waals surface area contributed by atoms with Crippen molar-refractivity contribution in [1.29, 1.82) is 0 Å². The number of rotatable bonds is 2. The number of benzene rings is 1. The highest BCUT2D eigenvalue weighted by molar-refractivity contribution is 5.79. The molecule has 2 aliphatic heterocycles. The van der Waals surface area contributed by atoms with Crippen LogP contribution in [-0.4, -0.2) is 29.7 Å². The Balaban J connectivity index is 1.74. The number of ether oxygens (including phenoxy) is 1. The summed E-state index contributed by atoms with van der Waals surface area (Å²) in [6.07, 6.45) is 2.48. The molecular formula is C13H15NO2. The van der Waals surface area contributed by atoms with E-state index in [-0.39, 0.29) is 18.2 Å². The van der Waals surface area contributed by atoms with Gasteiger partial charge in [-0.3, -0.25) is 4.79 Å². The van der Waals surface area contributed by atoms with Gasteiger partial charge < -0.3 is 9.64 Å². The van der Waals surface area contributed by atoms with Crippen LogP contribution >= 0.6 is 0 Å². The Labute approximate surface area is 95.0 Å². The largest absolute Gasteiger partial charge is 0.356 e. The Hall–Kier alpha value is -1.35. The van der Waals surface area contributed by atoms with E-state index >= 15 is 0 Å². The smallest absolute Gasteiger partial charge is 0.225 e. The van der Waals surface area contributed by atoms with Gasteiger partial charge in [-0.1, -0.05) is 30.3 Å². The van der Waals surface area contributed by atoms with Gasteiger partial charge in [0.15, 0.2) is 0 Å². The summed E-state index contributed by atoms with van der Waals surface area (Å²) in [5.74, 6) is 0.253.